The summed E-state index contributed by atoms with van der Waals surface area (Å²) in [7, 11) is 4.51. The number of esters is 1. The van der Waals surface area contributed by atoms with E-state index in [-0.39, 0.29) is 0 Å². The first-order valence-corrected chi connectivity index (χ1v) is 9.37. The Morgan fingerprint density at radius 1 is 0.968 bits per heavy atom. The lowest BCUT2D eigenvalue weighted by atomic mass is 10.1. The van der Waals surface area contributed by atoms with E-state index in [4.69, 9.17) is 29.2 Å². The van der Waals surface area contributed by atoms with E-state index < -0.39 is 17.9 Å². The van der Waals surface area contributed by atoms with Crippen LogP contribution in [0.25, 0.3) is 0 Å². The van der Waals surface area contributed by atoms with Gasteiger partial charge in [-0.2, -0.15) is 0 Å². The van der Waals surface area contributed by atoms with Gasteiger partial charge in [-0.25, -0.2) is 14.4 Å². The highest BCUT2D eigenvalue weighted by atomic mass is 16.5. The highest BCUT2D eigenvalue weighted by Crippen LogP contribution is 2.39. The molecule has 0 spiro atoms. The first kappa shape index (κ1) is 25.7. The van der Waals surface area contributed by atoms with Gasteiger partial charge in [0.15, 0.2) is 11.5 Å². The second-order valence-corrected chi connectivity index (χ2v) is 6.12. The van der Waals surface area contributed by atoms with E-state index in [0.29, 0.717) is 41.6 Å². The van der Waals surface area contributed by atoms with Crippen molar-refractivity contribution < 1.29 is 43.5 Å². The summed E-state index contributed by atoms with van der Waals surface area (Å²) >= 11 is 0. The predicted octanol–water partition coefficient (Wildman–Crippen LogP) is 0.486. The molecule has 0 saturated carbocycles. The molecule has 1 heterocycles. The lowest BCUT2D eigenvalue weighted by molar-refractivity contribution is -0.134. The van der Waals surface area contributed by atoms with Crippen molar-refractivity contribution in [2.45, 2.75) is 0 Å². The largest absolute Gasteiger partial charge is 0.493 e. The third-order valence-corrected chi connectivity index (χ3v) is 4.14. The number of hydrogen-bond acceptors (Lipinski definition) is 9. The topological polar surface area (TPSA) is 144 Å². The molecule has 31 heavy (non-hydrogen) atoms. The maximum absolute atomic E-state index is 12.3. The number of methoxy groups -OCH3 is 3. The van der Waals surface area contributed by atoms with Crippen LogP contribution in [0.3, 0.4) is 0 Å². The predicted molar refractivity (Wildman–Crippen MR) is 110 cm³/mol. The molecule has 0 atom stereocenters. The molecular weight excluding hydrogens is 412 g/mol. The molecule has 0 aromatic heterocycles. The number of nitrogens with one attached hydrogen (secondary N) is 1. The molecule has 1 fully saturated rings. The van der Waals surface area contributed by atoms with Crippen LogP contribution in [0.1, 0.15) is 10.4 Å². The van der Waals surface area contributed by atoms with Crippen molar-refractivity contribution in [2.24, 2.45) is 0 Å². The minimum absolute atomic E-state index is 0.319. The van der Waals surface area contributed by atoms with Crippen molar-refractivity contribution in [2.75, 3.05) is 60.7 Å². The number of nitrogens with zero attached hydrogens (tertiary/aromatic N) is 1. The van der Waals surface area contributed by atoms with Crippen molar-refractivity contribution in [3.05, 3.63) is 29.8 Å². The van der Waals surface area contributed by atoms with Crippen molar-refractivity contribution in [1.29, 1.82) is 0 Å². The van der Waals surface area contributed by atoms with Crippen LogP contribution in [0.2, 0.25) is 0 Å². The Hall–Kier alpha value is -3.31. The molecule has 1 saturated heterocycles. The van der Waals surface area contributed by atoms with E-state index in [0.717, 1.165) is 32.7 Å². The lowest BCUT2D eigenvalue weighted by Crippen LogP contribution is -2.44. The molecule has 172 valence electrons. The van der Waals surface area contributed by atoms with E-state index >= 15 is 0 Å². The Kier molecular flexibility index (Phi) is 11.5. The molecule has 1 aromatic rings. The normalized spacial score (nSPS) is 13.6. The third-order valence-electron chi connectivity index (χ3n) is 4.14. The number of carboxylic acids is 2. The molecule has 0 unspecified atom stereocenters. The molecule has 0 radical (unpaired) electrons. The second kappa shape index (κ2) is 13.8. The van der Waals surface area contributed by atoms with E-state index in [1.807, 2.05) is 0 Å². The number of benzene rings is 1. The van der Waals surface area contributed by atoms with Gasteiger partial charge in [0.05, 0.1) is 21.3 Å². The van der Waals surface area contributed by atoms with Crippen LogP contribution in [0.15, 0.2) is 24.3 Å². The zero-order valence-electron chi connectivity index (χ0n) is 17.8. The minimum atomic E-state index is -1.26. The van der Waals surface area contributed by atoms with Gasteiger partial charge in [-0.15, -0.1) is 0 Å². The van der Waals surface area contributed by atoms with Crippen LogP contribution in [0, 0.1) is 0 Å². The number of carbonyl (C=O) groups excluding carboxylic acids is 1. The molecule has 0 bridgehead atoms. The van der Waals surface area contributed by atoms with Gasteiger partial charge >= 0.3 is 17.9 Å². The summed E-state index contributed by atoms with van der Waals surface area (Å²) < 4.78 is 21.2. The van der Waals surface area contributed by atoms with E-state index in [9.17, 15) is 14.4 Å². The molecular formula is C20H28N2O9. The molecule has 2 rings (SSSR count). The maximum Gasteiger partial charge on any atom is 0.342 e. The summed E-state index contributed by atoms with van der Waals surface area (Å²) in [4.78, 5) is 33.7. The fourth-order valence-corrected chi connectivity index (χ4v) is 2.68. The van der Waals surface area contributed by atoms with Crippen LogP contribution < -0.4 is 19.5 Å². The Morgan fingerprint density at radius 3 is 2.03 bits per heavy atom. The van der Waals surface area contributed by atoms with Gasteiger partial charge in [-0.3, -0.25) is 4.90 Å². The summed E-state index contributed by atoms with van der Waals surface area (Å²) in [6.07, 6.45) is 1.12. The number of rotatable bonds is 9. The summed E-state index contributed by atoms with van der Waals surface area (Å²) in [5.41, 5.74) is 0.325. The zero-order valence-corrected chi connectivity index (χ0v) is 17.8. The molecule has 1 aromatic carbocycles. The monoisotopic (exact) mass is 440 g/mol. The number of ether oxygens (including phenoxy) is 4. The Balaban J connectivity index is 0.000000512. The van der Waals surface area contributed by atoms with Crippen molar-refractivity contribution >= 4 is 17.9 Å². The van der Waals surface area contributed by atoms with Gasteiger partial charge < -0.3 is 34.5 Å². The number of carbonyl (C=O) groups is 3. The lowest BCUT2D eigenvalue weighted by Gasteiger charge is -2.26. The quantitative estimate of drug-likeness (QED) is 0.364. The fraction of sp³-hybridized carbons (Fsp3) is 0.450. The second-order valence-electron chi connectivity index (χ2n) is 6.12. The summed E-state index contributed by atoms with van der Waals surface area (Å²) in [5, 5.41) is 18.9. The number of hydrogen-bond donors (Lipinski definition) is 3. The molecule has 1 aliphatic heterocycles. The van der Waals surface area contributed by atoms with Gasteiger partial charge in [0.1, 0.15) is 12.2 Å². The van der Waals surface area contributed by atoms with E-state index in [1.165, 1.54) is 21.3 Å². The van der Waals surface area contributed by atoms with Crippen molar-refractivity contribution in [3.8, 4) is 17.2 Å². The highest BCUT2D eigenvalue weighted by Gasteiger charge is 2.22. The molecule has 11 nitrogen and oxygen atoms in total. The zero-order chi connectivity index (χ0) is 23.2. The van der Waals surface area contributed by atoms with Crippen LogP contribution in [-0.2, 0) is 14.3 Å². The molecule has 0 aliphatic carbocycles. The average Bonchev–Trinajstić information content (AvgIpc) is 2.77. The Morgan fingerprint density at radius 2 is 1.55 bits per heavy atom. The maximum atomic E-state index is 12.3. The minimum Gasteiger partial charge on any atom is -0.493 e. The molecule has 0 amide bonds. The molecule has 1 aliphatic rings. The smallest absolute Gasteiger partial charge is 0.342 e. The third kappa shape index (κ3) is 8.93. The van der Waals surface area contributed by atoms with Crippen LogP contribution in [0.5, 0.6) is 17.2 Å². The van der Waals surface area contributed by atoms with E-state index in [1.54, 1.807) is 12.1 Å². The Labute approximate surface area is 180 Å². The number of carboxylic acid groups (broad SMARTS) is 2. The van der Waals surface area contributed by atoms with Crippen LogP contribution >= 0.6 is 0 Å². The van der Waals surface area contributed by atoms with Gasteiger partial charge in [0.25, 0.3) is 0 Å². The van der Waals surface area contributed by atoms with Gasteiger partial charge in [-0.05, 0) is 12.1 Å². The van der Waals surface area contributed by atoms with Gasteiger partial charge in [-0.1, -0.05) is 0 Å². The van der Waals surface area contributed by atoms with Crippen LogP contribution in [-0.4, -0.2) is 93.7 Å². The summed E-state index contributed by atoms with van der Waals surface area (Å²) in [6, 6.07) is 3.28. The van der Waals surface area contributed by atoms with Gasteiger partial charge in [0, 0.05) is 44.9 Å². The van der Waals surface area contributed by atoms with Crippen LogP contribution in [0.4, 0.5) is 0 Å². The average molecular weight is 440 g/mol. The summed E-state index contributed by atoms with van der Waals surface area (Å²) in [5.74, 6) is -1.75. The van der Waals surface area contributed by atoms with Gasteiger partial charge in [0.2, 0.25) is 5.75 Å². The first-order valence-electron chi connectivity index (χ1n) is 9.37. The number of piperazine rings is 1. The molecule has 3 N–H and O–H groups in total. The first-order chi connectivity index (χ1) is 14.8. The highest BCUT2D eigenvalue weighted by molar-refractivity contribution is 5.94. The summed E-state index contributed by atoms with van der Waals surface area (Å²) in [6.45, 7) is 4.95. The van der Waals surface area contributed by atoms with Crippen molar-refractivity contribution in [1.82, 2.24) is 10.2 Å². The SMILES string of the molecule is COc1ccc(C(=O)OCCN2CCNCC2)c(OC)c1OC.O=C(O)/C=C\C(=O)O. The standard InChI is InChI=1S/C16H24N2O5.C4H4O4/c1-20-13-5-4-12(14(21-2)15(13)22-3)16(19)23-11-10-18-8-6-17-7-9-18;5-3(6)1-2-4(7)8/h4-5,17H,6-11H2,1-3H3;1-2H,(H,5,6)(H,7,8)/b;2-1-. The molecule has 11 heteroatoms. The fourth-order valence-electron chi connectivity index (χ4n) is 2.68. The number of aliphatic carboxylic acids is 2. The Bertz CT molecular complexity index is 758. The van der Waals surface area contributed by atoms with Crippen molar-refractivity contribution in [3.63, 3.8) is 0 Å². The van der Waals surface area contributed by atoms with E-state index in [2.05, 4.69) is 10.2 Å².